The standard InChI is InChI=1S/C24H27FN4O6S/c1-36(31,32)28-24(30)19-12-20(33-14-18(25)16-10-11-34-35-13-16)21-22(15-6-5-7-15)27-29(23(21)26-19)17-8-3-2-4-9-17/h2-4,8-9,12,15-16,18H,5-7,10-11,13-14H2,1H3,(H,28,30)/t16?,18-/m1/s1. The molecule has 192 valence electrons. The van der Waals surface area contributed by atoms with Crippen molar-refractivity contribution < 1.29 is 32.1 Å². The maximum Gasteiger partial charge on any atom is 0.283 e. The number of hydrogen-bond donors (Lipinski definition) is 1. The van der Waals surface area contributed by atoms with Crippen molar-refractivity contribution in [3.05, 3.63) is 47.8 Å². The average Bonchev–Trinajstić information content (AvgIpc) is 3.20. The molecule has 12 heteroatoms. The summed E-state index contributed by atoms with van der Waals surface area (Å²) in [5, 5.41) is 5.42. The van der Waals surface area contributed by atoms with Gasteiger partial charge >= 0.3 is 0 Å². The number of carbonyl (C=O) groups excluding carboxylic acids is 1. The minimum absolute atomic E-state index is 0.123. The number of pyridine rings is 1. The van der Waals surface area contributed by atoms with Crippen LogP contribution in [0.1, 0.15) is 47.8 Å². The molecular formula is C24H27FN4O6S. The van der Waals surface area contributed by atoms with Crippen LogP contribution >= 0.6 is 0 Å². The zero-order chi connectivity index (χ0) is 25.3. The van der Waals surface area contributed by atoms with Crippen LogP contribution in [0.3, 0.4) is 0 Å². The largest absolute Gasteiger partial charge is 0.490 e. The molecule has 2 fully saturated rings. The lowest BCUT2D eigenvalue weighted by Crippen LogP contribution is -2.32. The highest BCUT2D eigenvalue weighted by molar-refractivity contribution is 7.89. The summed E-state index contributed by atoms with van der Waals surface area (Å²) in [6.45, 7) is 0.147. The zero-order valence-corrected chi connectivity index (χ0v) is 20.5. The number of ether oxygens (including phenoxy) is 1. The van der Waals surface area contributed by atoms with Gasteiger partial charge in [-0.25, -0.2) is 37.0 Å². The third kappa shape index (κ3) is 5.20. The van der Waals surface area contributed by atoms with E-state index in [4.69, 9.17) is 19.6 Å². The van der Waals surface area contributed by atoms with Crippen LogP contribution in [-0.4, -0.2) is 61.3 Å². The lowest BCUT2D eigenvalue weighted by molar-refractivity contribution is -0.328. The van der Waals surface area contributed by atoms with Crippen LogP contribution in [-0.2, 0) is 19.8 Å². The number of para-hydroxylation sites is 1. The SMILES string of the molecule is CS(=O)(=O)NC(=O)c1cc(OC[C@@H](F)C2CCOOC2)c2c(C3CCC3)nn(-c3ccccc3)c2n1. The summed E-state index contributed by atoms with van der Waals surface area (Å²) < 4.78 is 47.9. The van der Waals surface area contributed by atoms with Crippen LogP contribution in [0.2, 0.25) is 0 Å². The fourth-order valence-electron chi connectivity index (χ4n) is 4.34. The Bertz CT molecular complexity index is 1350. The maximum absolute atomic E-state index is 15.0. The van der Waals surface area contributed by atoms with Gasteiger partial charge in [0.25, 0.3) is 5.91 Å². The summed E-state index contributed by atoms with van der Waals surface area (Å²) in [5.41, 5.74) is 1.64. The lowest BCUT2D eigenvalue weighted by Gasteiger charge is -2.25. The minimum atomic E-state index is -3.83. The molecule has 3 heterocycles. The highest BCUT2D eigenvalue weighted by atomic mass is 32.2. The number of nitrogens with one attached hydrogen (secondary N) is 1. The first-order valence-electron chi connectivity index (χ1n) is 11.8. The third-order valence-corrected chi connectivity index (χ3v) is 7.04. The number of rotatable bonds is 8. The summed E-state index contributed by atoms with van der Waals surface area (Å²) >= 11 is 0. The molecule has 1 aliphatic heterocycles. The first-order valence-corrected chi connectivity index (χ1v) is 13.7. The average molecular weight is 519 g/mol. The van der Waals surface area contributed by atoms with Gasteiger partial charge in [-0.3, -0.25) is 4.79 Å². The fourth-order valence-corrected chi connectivity index (χ4v) is 4.78. The third-order valence-electron chi connectivity index (χ3n) is 6.48. The number of sulfonamides is 1. The Hall–Kier alpha value is -3.09. The molecule has 1 N–H and O–H groups in total. The molecule has 0 bridgehead atoms. The van der Waals surface area contributed by atoms with Crippen LogP contribution < -0.4 is 9.46 Å². The molecule has 1 saturated carbocycles. The van der Waals surface area contributed by atoms with Crippen LogP contribution in [0.25, 0.3) is 16.7 Å². The summed E-state index contributed by atoms with van der Waals surface area (Å²) in [6, 6.07) is 10.6. The van der Waals surface area contributed by atoms with Crippen molar-refractivity contribution in [1.29, 1.82) is 0 Å². The van der Waals surface area contributed by atoms with E-state index in [0.29, 0.717) is 24.1 Å². The van der Waals surface area contributed by atoms with E-state index in [2.05, 4.69) is 4.98 Å². The predicted molar refractivity (Wildman–Crippen MR) is 128 cm³/mol. The highest BCUT2D eigenvalue weighted by Crippen LogP contribution is 2.42. The van der Waals surface area contributed by atoms with Crippen molar-refractivity contribution >= 4 is 27.0 Å². The van der Waals surface area contributed by atoms with Gasteiger partial charge in [-0.05, 0) is 31.4 Å². The van der Waals surface area contributed by atoms with Crippen LogP contribution in [0.15, 0.2) is 36.4 Å². The topological polar surface area (TPSA) is 122 Å². The number of nitrogens with zero attached hydrogens (tertiary/aromatic N) is 3. The van der Waals surface area contributed by atoms with Crippen molar-refractivity contribution in [3.63, 3.8) is 0 Å². The van der Waals surface area contributed by atoms with E-state index in [1.165, 1.54) is 6.07 Å². The number of fused-ring (bicyclic) bond motifs is 1. The molecule has 2 aliphatic rings. The Balaban J connectivity index is 1.60. The first-order chi connectivity index (χ1) is 17.3. The van der Waals surface area contributed by atoms with Crippen molar-refractivity contribution in [3.8, 4) is 11.4 Å². The van der Waals surface area contributed by atoms with E-state index in [-0.39, 0.29) is 36.5 Å². The van der Waals surface area contributed by atoms with Crippen LogP contribution in [0.5, 0.6) is 5.75 Å². The second-order valence-corrected chi connectivity index (χ2v) is 10.9. The monoisotopic (exact) mass is 518 g/mol. The molecule has 36 heavy (non-hydrogen) atoms. The summed E-state index contributed by atoms with van der Waals surface area (Å²) in [7, 11) is -3.83. The van der Waals surface area contributed by atoms with Crippen LogP contribution in [0, 0.1) is 5.92 Å². The quantitative estimate of drug-likeness (QED) is 0.452. The number of amides is 1. The number of aromatic nitrogens is 3. The van der Waals surface area contributed by atoms with E-state index in [1.54, 1.807) is 4.68 Å². The molecule has 2 atom stereocenters. The van der Waals surface area contributed by atoms with Gasteiger partial charge in [-0.1, -0.05) is 24.6 Å². The molecule has 0 spiro atoms. The Kier molecular flexibility index (Phi) is 6.91. The van der Waals surface area contributed by atoms with Crippen molar-refractivity contribution in [2.45, 2.75) is 37.8 Å². The Morgan fingerprint density at radius 1 is 1.25 bits per heavy atom. The van der Waals surface area contributed by atoms with E-state index in [0.717, 1.165) is 36.9 Å². The van der Waals surface area contributed by atoms with Gasteiger partial charge < -0.3 is 4.74 Å². The number of halogens is 1. The zero-order valence-electron chi connectivity index (χ0n) is 19.7. The van der Waals surface area contributed by atoms with E-state index >= 15 is 4.39 Å². The van der Waals surface area contributed by atoms with E-state index in [1.807, 2.05) is 35.1 Å². The van der Waals surface area contributed by atoms with Gasteiger partial charge in [0.2, 0.25) is 10.0 Å². The van der Waals surface area contributed by atoms with Gasteiger partial charge in [0.15, 0.2) is 5.65 Å². The second-order valence-electron chi connectivity index (χ2n) is 9.15. The Morgan fingerprint density at radius 3 is 2.67 bits per heavy atom. The van der Waals surface area contributed by atoms with Crippen molar-refractivity contribution in [2.24, 2.45) is 5.92 Å². The number of alkyl halides is 1. The van der Waals surface area contributed by atoms with Crippen LogP contribution in [0.4, 0.5) is 4.39 Å². The number of benzene rings is 1. The minimum Gasteiger partial charge on any atom is -0.490 e. The smallest absolute Gasteiger partial charge is 0.283 e. The van der Waals surface area contributed by atoms with Gasteiger partial charge in [0, 0.05) is 17.9 Å². The fraction of sp³-hybridized carbons (Fsp3) is 0.458. The summed E-state index contributed by atoms with van der Waals surface area (Å²) in [4.78, 5) is 27.0. The first kappa shape index (κ1) is 24.6. The molecule has 1 saturated heterocycles. The molecule has 5 rings (SSSR count). The molecule has 1 aliphatic carbocycles. The van der Waals surface area contributed by atoms with Crippen molar-refractivity contribution in [1.82, 2.24) is 19.5 Å². The molecule has 3 aromatic rings. The van der Waals surface area contributed by atoms with E-state index < -0.39 is 22.1 Å². The van der Waals surface area contributed by atoms with Crippen molar-refractivity contribution in [2.75, 3.05) is 26.1 Å². The lowest BCUT2D eigenvalue weighted by atomic mass is 9.82. The molecule has 1 amide bonds. The van der Waals surface area contributed by atoms with Gasteiger partial charge in [-0.2, -0.15) is 5.10 Å². The molecule has 1 unspecified atom stereocenters. The maximum atomic E-state index is 15.0. The Morgan fingerprint density at radius 2 is 2.03 bits per heavy atom. The molecule has 0 radical (unpaired) electrons. The highest BCUT2D eigenvalue weighted by Gasteiger charge is 2.31. The van der Waals surface area contributed by atoms with Gasteiger partial charge in [0.1, 0.15) is 24.2 Å². The van der Waals surface area contributed by atoms with Gasteiger partial charge in [0.05, 0.1) is 36.2 Å². The van der Waals surface area contributed by atoms with Gasteiger partial charge in [-0.15, -0.1) is 0 Å². The van der Waals surface area contributed by atoms with E-state index in [9.17, 15) is 13.2 Å². The second kappa shape index (κ2) is 10.1. The Labute approximate surface area is 207 Å². The number of carbonyl (C=O) groups is 1. The molecule has 10 nitrogen and oxygen atoms in total. The summed E-state index contributed by atoms with van der Waals surface area (Å²) in [6.07, 6.45) is 3.01. The molecule has 2 aromatic heterocycles. The predicted octanol–water partition coefficient (Wildman–Crippen LogP) is 3.06. The summed E-state index contributed by atoms with van der Waals surface area (Å²) in [5.74, 6) is -0.882. The molecular weight excluding hydrogens is 491 g/mol. The normalized spacial score (nSPS) is 19.6. The molecule has 1 aromatic carbocycles. The number of hydrogen-bond acceptors (Lipinski definition) is 8.